The number of carbonyl (C=O) groups is 1. The third-order valence-electron chi connectivity index (χ3n) is 5.35. The van der Waals surface area contributed by atoms with Crippen LogP contribution in [0.2, 0.25) is 0 Å². The van der Waals surface area contributed by atoms with Crippen molar-refractivity contribution < 1.29 is 9.53 Å². The number of carbonyl (C=O) groups excluding carboxylic acids is 1. The molecule has 0 atom stereocenters. The molecule has 2 aromatic carbocycles. The van der Waals surface area contributed by atoms with Crippen LogP contribution in [0.25, 0.3) is 0 Å². The summed E-state index contributed by atoms with van der Waals surface area (Å²) >= 11 is 0. The lowest BCUT2D eigenvalue weighted by atomic mass is 9.85. The monoisotopic (exact) mass is 367 g/mol. The number of anilines is 1. The summed E-state index contributed by atoms with van der Waals surface area (Å²) in [5.41, 5.74) is 2.91. The first-order valence-corrected chi connectivity index (χ1v) is 9.47. The number of aryl methyl sites for hydroxylation is 1. The molecule has 2 N–H and O–H groups in total. The Morgan fingerprint density at radius 3 is 2.48 bits per heavy atom. The van der Waals surface area contributed by atoms with E-state index in [9.17, 15) is 4.79 Å². The first kappa shape index (κ1) is 19.2. The highest BCUT2D eigenvalue weighted by atomic mass is 16.5. The number of piperidine rings is 1. The van der Waals surface area contributed by atoms with E-state index >= 15 is 0 Å². The van der Waals surface area contributed by atoms with E-state index in [0.29, 0.717) is 0 Å². The van der Waals surface area contributed by atoms with Crippen LogP contribution in [0.1, 0.15) is 24.0 Å². The third kappa shape index (κ3) is 4.61. The minimum absolute atomic E-state index is 0.0419. The van der Waals surface area contributed by atoms with Gasteiger partial charge in [-0.05, 0) is 37.5 Å². The molecule has 0 bridgehead atoms. The van der Waals surface area contributed by atoms with E-state index in [2.05, 4.69) is 46.7 Å². The number of likely N-dealkylation sites (N-methyl/N-ethyl adjacent to an activating group) is 1. The highest BCUT2D eigenvalue weighted by Crippen LogP contribution is 2.29. The Morgan fingerprint density at radius 2 is 1.85 bits per heavy atom. The Hall–Kier alpha value is -2.53. The number of hydrogen-bond donors (Lipinski definition) is 2. The predicted octanol–water partition coefficient (Wildman–Crippen LogP) is 3.20. The van der Waals surface area contributed by atoms with Crippen molar-refractivity contribution in [3.05, 3.63) is 59.7 Å². The lowest BCUT2D eigenvalue weighted by molar-refractivity contribution is -0.126. The molecular formula is C22H29N3O2. The molecule has 0 unspecified atom stereocenters. The molecule has 3 rings (SSSR count). The highest BCUT2D eigenvalue weighted by Gasteiger charge is 2.40. The molecule has 1 fully saturated rings. The fourth-order valence-electron chi connectivity index (χ4n) is 3.67. The molecule has 1 amide bonds. The Bertz CT molecular complexity index is 765. The average Bonchev–Trinajstić information content (AvgIpc) is 2.70. The quantitative estimate of drug-likeness (QED) is 0.823. The van der Waals surface area contributed by atoms with Crippen LogP contribution in [0, 0.1) is 6.92 Å². The maximum absolute atomic E-state index is 12.7. The van der Waals surface area contributed by atoms with Crippen LogP contribution in [0.3, 0.4) is 0 Å². The number of ether oxygens (including phenoxy) is 1. The molecule has 5 heteroatoms. The number of hydrogen-bond acceptors (Lipinski definition) is 4. The SMILES string of the molecule is CNC(=O)C1(Nc2cccc(OC)c2)CCN(Cc2ccc(C)cc2)CC1. The summed E-state index contributed by atoms with van der Waals surface area (Å²) in [7, 11) is 3.35. The van der Waals surface area contributed by atoms with Crippen molar-refractivity contribution in [1.29, 1.82) is 0 Å². The summed E-state index contributed by atoms with van der Waals surface area (Å²) in [5.74, 6) is 0.823. The summed E-state index contributed by atoms with van der Waals surface area (Å²) < 4.78 is 5.31. The Balaban J connectivity index is 1.69. The van der Waals surface area contributed by atoms with Gasteiger partial charge in [0.2, 0.25) is 5.91 Å². The largest absolute Gasteiger partial charge is 0.497 e. The van der Waals surface area contributed by atoms with E-state index in [1.807, 2.05) is 24.3 Å². The number of nitrogens with zero attached hydrogens (tertiary/aromatic N) is 1. The predicted molar refractivity (Wildman–Crippen MR) is 109 cm³/mol. The maximum atomic E-state index is 12.7. The first-order chi connectivity index (χ1) is 13.0. The first-order valence-electron chi connectivity index (χ1n) is 9.47. The number of rotatable bonds is 6. The van der Waals surface area contributed by atoms with E-state index in [4.69, 9.17) is 4.74 Å². The molecule has 0 radical (unpaired) electrons. The summed E-state index contributed by atoms with van der Waals surface area (Å²) in [6, 6.07) is 16.4. The maximum Gasteiger partial charge on any atom is 0.245 e. The van der Waals surface area contributed by atoms with Gasteiger partial charge in [-0.25, -0.2) is 0 Å². The normalized spacial score (nSPS) is 16.6. The Morgan fingerprint density at radius 1 is 1.15 bits per heavy atom. The summed E-state index contributed by atoms with van der Waals surface area (Å²) in [4.78, 5) is 15.1. The number of benzene rings is 2. The fourth-order valence-corrected chi connectivity index (χ4v) is 3.67. The highest BCUT2D eigenvalue weighted by molar-refractivity contribution is 5.89. The van der Waals surface area contributed by atoms with Crippen molar-refractivity contribution in [2.75, 3.05) is 32.6 Å². The smallest absolute Gasteiger partial charge is 0.245 e. The molecular weight excluding hydrogens is 338 g/mol. The van der Waals surface area contributed by atoms with Gasteiger partial charge < -0.3 is 15.4 Å². The second kappa shape index (κ2) is 8.44. The van der Waals surface area contributed by atoms with E-state index in [0.717, 1.165) is 43.9 Å². The summed E-state index contributed by atoms with van der Waals surface area (Å²) in [6.45, 7) is 4.77. The second-order valence-electron chi connectivity index (χ2n) is 7.28. The van der Waals surface area contributed by atoms with Gasteiger partial charge in [0.15, 0.2) is 0 Å². The fraction of sp³-hybridized carbons (Fsp3) is 0.409. The zero-order valence-electron chi connectivity index (χ0n) is 16.4. The molecule has 0 aromatic heterocycles. The van der Waals surface area contributed by atoms with Crippen molar-refractivity contribution >= 4 is 11.6 Å². The summed E-state index contributed by atoms with van der Waals surface area (Å²) in [6.07, 6.45) is 1.52. The molecule has 1 heterocycles. The molecule has 1 aliphatic heterocycles. The van der Waals surface area contributed by atoms with Gasteiger partial charge in [0, 0.05) is 38.4 Å². The summed E-state index contributed by atoms with van der Waals surface area (Å²) in [5, 5.41) is 6.34. The third-order valence-corrected chi connectivity index (χ3v) is 5.35. The van der Waals surface area contributed by atoms with Crippen LogP contribution >= 0.6 is 0 Å². The van der Waals surface area contributed by atoms with E-state index in [1.54, 1.807) is 14.2 Å². The lowest BCUT2D eigenvalue weighted by Gasteiger charge is -2.41. The van der Waals surface area contributed by atoms with Crippen LogP contribution in [-0.2, 0) is 11.3 Å². The Kier molecular flexibility index (Phi) is 6.01. The zero-order chi connectivity index (χ0) is 19.3. The molecule has 1 aliphatic rings. The van der Waals surface area contributed by atoms with Crippen molar-refractivity contribution in [2.24, 2.45) is 0 Å². The average molecular weight is 367 g/mol. The van der Waals surface area contributed by atoms with Gasteiger partial charge in [0.05, 0.1) is 7.11 Å². The van der Waals surface area contributed by atoms with Crippen LogP contribution in [0.5, 0.6) is 5.75 Å². The molecule has 27 heavy (non-hydrogen) atoms. The molecule has 1 saturated heterocycles. The van der Waals surface area contributed by atoms with Gasteiger partial charge >= 0.3 is 0 Å². The topological polar surface area (TPSA) is 53.6 Å². The Labute approximate surface area is 161 Å². The molecule has 0 saturated carbocycles. The lowest BCUT2D eigenvalue weighted by Crippen LogP contribution is -2.57. The second-order valence-corrected chi connectivity index (χ2v) is 7.28. The van der Waals surface area contributed by atoms with Gasteiger partial charge in [-0.3, -0.25) is 9.69 Å². The molecule has 5 nitrogen and oxygen atoms in total. The van der Waals surface area contributed by atoms with Gasteiger partial charge in [-0.15, -0.1) is 0 Å². The minimum atomic E-state index is -0.592. The van der Waals surface area contributed by atoms with Crippen LogP contribution < -0.4 is 15.4 Å². The van der Waals surface area contributed by atoms with Crippen molar-refractivity contribution in [3.63, 3.8) is 0 Å². The van der Waals surface area contributed by atoms with Crippen molar-refractivity contribution in [1.82, 2.24) is 10.2 Å². The van der Waals surface area contributed by atoms with Crippen LogP contribution in [0.4, 0.5) is 5.69 Å². The number of nitrogens with one attached hydrogen (secondary N) is 2. The molecule has 0 spiro atoms. The minimum Gasteiger partial charge on any atom is -0.497 e. The van der Waals surface area contributed by atoms with Gasteiger partial charge in [0.25, 0.3) is 0 Å². The number of likely N-dealkylation sites (tertiary alicyclic amines) is 1. The standard InChI is InChI=1S/C22H29N3O2/c1-17-7-9-18(10-8-17)16-25-13-11-22(12-14-25,21(26)23-2)24-19-5-4-6-20(15-19)27-3/h4-10,15,24H,11-14,16H2,1-3H3,(H,23,26). The van der Waals surface area contributed by atoms with Crippen molar-refractivity contribution in [2.45, 2.75) is 31.8 Å². The van der Waals surface area contributed by atoms with E-state index in [-0.39, 0.29) is 5.91 Å². The molecule has 0 aliphatic carbocycles. The van der Waals surface area contributed by atoms with E-state index < -0.39 is 5.54 Å². The molecule has 2 aromatic rings. The van der Waals surface area contributed by atoms with Crippen LogP contribution in [-0.4, -0.2) is 43.6 Å². The number of amides is 1. The molecule has 144 valence electrons. The zero-order valence-corrected chi connectivity index (χ0v) is 16.4. The van der Waals surface area contributed by atoms with Crippen LogP contribution in [0.15, 0.2) is 48.5 Å². The van der Waals surface area contributed by atoms with Gasteiger partial charge in [-0.1, -0.05) is 35.9 Å². The van der Waals surface area contributed by atoms with Crippen molar-refractivity contribution in [3.8, 4) is 5.75 Å². The van der Waals surface area contributed by atoms with Gasteiger partial charge in [-0.2, -0.15) is 0 Å². The number of methoxy groups -OCH3 is 1. The van der Waals surface area contributed by atoms with Gasteiger partial charge in [0.1, 0.15) is 11.3 Å². The van der Waals surface area contributed by atoms with E-state index in [1.165, 1.54) is 11.1 Å².